The average Bonchev–Trinajstić information content (AvgIpc) is 3.34. The maximum absolute atomic E-state index is 15.2. The fourth-order valence-electron chi connectivity index (χ4n) is 4.18. The Morgan fingerprint density at radius 1 is 1.29 bits per heavy atom. The number of anilines is 1. The van der Waals surface area contributed by atoms with Gasteiger partial charge in [-0.25, -0.2) is 9.18 Å². The molecule has 0 spiro atoms. The lowest BCUT2D eigenvalue weighted by molar-refractivity contribution is 0.0519. The summed E-state index contributed by atoms with van der Waals surface area (Å²) in [7, 11) is 1.56. The van der Waals surface area contributed by atoms with Gasteiger partial charge in [0.2, 0.25) is 5.43 Å². The van der Waals surface area contributed by atoms with E-state index in [0.717, 1.165) is 31.7 Å². The van der Waals surface area contributed by atoms with Crippen molar-refractivity contribution in [2.45, 2.75) is 37.9 Å². The first-order valence-electron chi connectivity index (χ1n) is 9.54. The molecule has 0 amide bonds. The van der Waals surface area contributed by atoms with E-state index in [-0.39, 0.29) is 24.2 Å². The molecule has 1 aromatic heterocycles. The zero-order valence-corrected chi connectivity index (χ0v) is 16.9. The highest BCUT2D eigenvalue weighted by Gasteiger charge is 2.31. The highest BCUT2D eigenvalue weighted by molar-refractivity contribution is 7.99. The lowest BCUT2D eigenvalue weighted by atomic mass is 10.0. The van der Waals surface area contributed by atoms with E-state index in [9.17, 15) is 9.59 Å². The van der Waals surface area contributed by atoms with Gasteiger partial charge < -0.3 is 18.9 Å². The van der Waals surface area contributed by atoms with Crippen molar-refractivity contribution in [3.8, 4) is 0 Å². The molecule has 3 heterocycles. The molecule has 1 fully saturated rings. The number of carbonyl (C=O) groups excluding carboxylic acids is 1. The summed E-state index contributed by atoms with van der Waals surface area (Å²) in [5.74, 6) is -0.349. The number of halogens is 1. The number of pyridine rings is 1. The lowest BCUT2D eigenvalue weighted by Gasteiger charge is -2.25. The highest BCUT2D eigenvalue weighted by atomic mass is 32.2. The summed E-state index contributed by atoms with van der Waals surface area (Å²) in [6.07, 6.45) is 2.03. The molecule has 0 aliphatic carbocycles. The maximum Gasteiger partial charge on any atom is 0.344 e. The molecule has 28 heavy (non-hydrogen) atoms. The second-order valence-corrected chi connectivity index (χ2v) is 8.02. The van der Waals surface area contributed by atoms with Crippen molar-refractivity contribution in [1.82, 2.24) is 4.57 Å². The van der Waals surface area contributed by atoms with Crippen LogP contribution >= 0.6 is 11.8 Å². The number of esters is 1. The number of methoxy groups -OCH3 is 1. The fourth-order valence-corrected chi connectivity index (χ4v) is 5.30. The van der Waals surface area contributed by atoms with Crippen LogP contribution in [0.25, 0.3) is 10.9 Å². The van der Waals surface area contributed by atoms with E-state index >= 15 is 4.39 Å². The van der Waals surface area contributed by atoms with E-state index in [1.165, 1.54) is 17.8 Å². The van der Waals surface area contributed by atoms with Gasteiger partial charge in [-0.05, 0) is 25.8 Å². The van der Waals surface area contributed by atoms with Gasteiger partial charge in [0.05, 0.1) is 34.8 Å². The third kappa shape index (κ3) is 2.99. The van der Waals surface area contributed by atoms with Crippen LogP contribution < -0.4 is 10.3 Å². The van der Waals surface area contributed by atoms with Gasteiger partial charge in [-0.15, -0.1) is 11.8 Å². The third-order valence-electron chi connectivity index (χ3n) is 5.27. The molecule has 2 aliphatic rings. The second-order valence-electron chi connectivity index (χ2n) is 6.94. The molecule has 0 unspecified atom stereocenters. The molecule has 0 bridgehead atoms. The number of nitrogens with zero attached hydrogens (tertiary/aromatic N) is 2. The van der Waals surface area contributed by atoms with Gasteiger partial charge in [0.1, 0.15) is 11.4 Å². The zero-order valence-electron chi connectivity index (χ0n) is 16.0. The van der Waals surface area contributed by atoms with Crippen molar-refractivity contribution in [1.29, 1.82) is 0 Å². The highest BCUT2D eigenvalue weighted by Crippen LogP contribution is 2.38. The van der Waals surface area contributed by atoms with E-state index < -0.39 is 17.2 Å². The van der Waals surface area contributed by atoms with Gasteiger partial charge in [-0.3, -0.25) is 4.79 Å². The van der Waals surface area contributed by atoms with E-state index in [0.29, 0.717) is 28.3 Å². The quantitative estimate of drug-likeness (QED) is 0.711. The Morgan fingerprint density at radius 2 is 2.04 bits per heavy atom. The number of hydrogen-bond acceptors (Lipinski definition) is 6. The molecule has 8 heteroatoms. The molecule has 4 rings (SSSR count). The summed E-state index contributed by atoms with van der Waals surface area (Å²) in [5, 5.41) is 0.814. The van der Waals surface area contributed by atoms with E-state index in [1.54, 1.807) is 14.0 Å². The molecular weight excluding hydrogens is 383 g/mol. The number of benzene rings is 1. The standard InChI is InChI=1S/C20H23FN2O4S/c1-3-27-20(25)15-18(24)12-10-14(21)17(22-6-4-5-7-22)13(11-26-2)16(12)23-8-9-28-19(15)23/h10H,3-9,11H2,1-2H3. The molecule has 150 valence electrons. The van der Waals surface area contributed by atoms with E-state index in [2.05, 4.69) is 0 Å². The normalized spacial score (nSPS) is 16.0. The maximum atomic E-state index is 15.2. The number of thioether (sulfide) groups is 1. The molecule has 2 aliphatic heterocycles. The molecule has 0 N–H and O–H groups in total. The topological polar surface area (TPSA) is 60.8 Å². The number of ether oxygens (including phenoxy) is 2. The van der Waals surface area contributed by atoms with Gasteiger partial charge in [-0.2, -0.15) is 0 Å². The predicted molar refractivity (Wildman–Crippen MR) is 107 cm³/mol. The largest absolute Gasteiger partial charge is 0.462 e. The fraction of sp³-hybridized carbons (Fsp3) is 0.500. The predicted octanol–water partition coefficient (Wildman–Crippen LogP) is 3.17. The molecule has 1 aromatic carbocycles. The van der Waals surface area contributed by atoms with E-state index in [4.69, 9.17) is 9.47 Å². The van der Waals surface area contributed by atoms with Gasteiger partial charge in [0.25, 0.3) is 0 Å². The van der Waals surface area contributed by atoms with Crippen LogP contribution in [0.5, 0.6) is 0 Å². The average molecular weight is 406 g/mol. The molecular formula is C20H23FN2O4S. The Morgan fingerprint density at radius 3 is 2.71 bits per heavy atom. The molecule has 0 saturated carbocycles. The lowest BCUT2D eigenvalue weighted by Crippen LogP contribution is -2.26. The number of rotatable bonds is 5. The van der Waals surface area contributed by atoms with Crippen molar-refractivity contribution in [2.24, 2.45) is 0 Å². The Kier molecular flexibility index (Phi) is 5.33. The number of aryl methyl sites for hydroxylation is 1. The van der Waals surface area contributed by atoms with Crippen LogP contribution in [-0.2, 0) is 22.6 Å². The van der Waals surface area contributed by atoms with Crippen LogP contribution in [-0.4, -0.2) is 43.1 Å². The molecule has 0 atom stereocenters. The first-order chi connectivity index (χ1) is 13.6. The summed E-state index contributed by atoms with van der Waals surface area (Å²) < 4.78 is 27.7. The van der Waals surface area contributed by atoms with Crippen LogP contribution in [0, 0.1) is 5.82 Å². The smallest absolute Gasteiger partial charge is 0.344 e. The number of fused-ring (bicyclic) bond motifs is 3. The summed E-state index contributed by atoms with van der Waals surface area (Å²) in [6, 6.07) is 1.28. The molecule has 2 aromatic rings. The summed E-state index contributed by atoms with van der Waals surface area (Å²) in [6.45, 7) is 4.28. The summed E-state index contributed by atoms with van der Waals surface area (Å²) in [5.41, 5.74) is 1.40. The first kappa shape index (κ1) is 19.3. The van der Waals surface area contributed by atoms with Gasteiger partial charge in [0, 0.05) is 38.1 Å². The van der Waals surface area contributed by atoms with Crippen molar-refractivity contribution in [3.05, 3.63) is 33.2 Å². The van der Waals surface area contributed by atoms with Gasteiger partial charge >= 0.3 is 5.97 Å². The van der Waals surface area contributed by atoms with Crippen LogP contribution in [0.3, 0.4) is 0 Å². The van der Waals surface area contributed by atoms with Crippen molar-refractivity contribution in [2.75, 3.05) is 37.5 Å². The molecule has 0 radical (unpaired) electrons. The van der Waals surface area contributed by atoms with Crippen molar-refractivity contribution < 1.29 is 18.7 Å². The minimum Gasteiger partial charge on any atom is -0.462 e. The first-order valence-corrected chi connectivity index (χ1v) is 10.5. The minimum absolute atomic E-state index is 0.00791. The van der Waals surface area contributed by atoms with E-state index in [1.807, 2.05) is 9.47 Å². The monoisotopic (exact) mass is 406 g/mol. The summed E-state index contributed by atoms with van der Waals surface area (Å²) in [4.78, 5) is 27.7. The van der Waals surface area contributed by atoms with Gasteiger partial charge in [0.15, 0.2) is 0 Å². The van der Waals surface area contributed by atoms with Crippen molar-refractivity contribution >= 4 is 34.3 Å². The molecule has 1 saturated heterocycles. The minimum atomic E-state index is -0.648. The van der Waals surface area contributed by atoms with Crippen molar-refractivity contribution in [3.63, 3.8) is 0 Å². The summed E-state index contributed by atoms with van der Waals surface area (Å²) >= 11 is 1.46. The Hall–Kier alpha value is -2.06. The van der Waals surface area contributed by atoms with Crippen LogP contribution in [0.4, 0.5) is 10.1 Å². The number of hydrogen-bond donors (Lipinski definition) is 0. The second kappa shape index (κ2) is 7.75. The Bertz CT molecular complexity index is 998. The zero-order chi connectivity index (χ0) is 19.8. The molecule has 6 nitrogen and oxygen atoms in total. The number of carbonyl (C=O) groups is 1. The Labute approximate surface area is 166 Å². The Balaban J connectivity index is 2.07. The SMILES string of the molecule is CCOC(=O)c1c2n(c3c(COC)c(N4CCCC4)c(F)cc3c1=O)CCS2. The number of aromatic nitrogens is 1. The van der Waals surface area contributed by atoms with Gasteiger partial charge in [-0.1, -0.05) is 0 Å². The van der Waals surface area contributed by atoms with Crippen LogP contribution in [0.1, 0.15) is 35.7 Å². The van der Waals surface area contributed by atoms with Crippen LogP contribution in [0.15, 0.2) is 15.9 Å². The third-order valence-corrected chi connectivity index (χ3v) is 6.35. The van der Waals surface area contributed by atoms with Crippen LogP contribution in [0.2, 0.25) is 0 Å².